The highest BCUT2D eigenvalue weighted by molar-refractivity contribution is 7.98. The number of nitrogen functional groups attached to an aromatic ring is 1. The molecule has 0 aliphatic rings. The van der Waals surface area contributed by atoms with Gasteiger partial charge in [0.1, 0.15) is 5.69 Å². The second kappa shape index (κ2) is 6.48. The summed E-state index contributed by atoms with van der Waals surface area (Å²) in [6.07, 6.45) is 4.84. The Kier molecular flexibility index (Phi) is 5.25. The quantitative estimate of drug-likeness (QED) is 0.743. The first kappa shape index (κ1) is 13.0. The van der Waals surface area contributed by atoms with Crippen LogP contribution in [0.5, 0.6) is 0 Å². The predicted octanol–water partition coefficient (Wildman–Crippen LogP) is 1.57. The van der Waals surface area contributed by atoms with Crippen molar-refractivity contribution in [3.05, 3.63) is 18.0 Å². The van der Waals surface area contributed by atoms with Gasteiger partial charge in [0.2, 0.25) is 0 Å². The number of nitrogens with one attached hydrogen (secondary N) is 1. The molecule has 0 fully saturated rings. The molecule has 0 atom stereocenters. The molecule has 90 valence electrons. The van der Waals surface area contributed by atoms with Crippen LogP contribution in [-0.2, 0) is 6.54 Å². The minimum absolute atomic E-state index is 0.0420. The monoisotopic (exact) mass is 241 g/mol. The van der Waals surface area contributed by atoms with Gasteiger partial charge < -0.3 is 15.6 Å². The lowest BCUT2D eigenvalue weighted by Gasteiger charge is -2.06. The van der Waals surface area contributed by atoms with E-state index in [2.05, 4.69) is 11.6 Å². The molecule has 16 heavy (non-hydrogen) atoms. The third-order valence-corrected chi connectivity index (χ3v) is 3.00. The fourth-order valence-corrected chi connectivity index (χ4v) is 1.93. The van der Waals surface area contributed by atoms with Crippen LogP contribution < -0.4 is 11.1 Å². The zero-order valence-corrected chi connectivity index (χ0v) is 10.6. The lowest BCUT2D eigenvalue weighted by molar-refractivity contribution is 0.0944. The number of rotatable bonds is 6. The maximum atomic E-state index is 11.8. The van der Waals surface area contributed by atoms with E-state index in [1.807, 2.05) is 11.5 Å². The van der Waals surface area contributed by atoms with E-state index in [9.17, 15) is 4.79 Å². The number of aryl methyl sites for hydroxylation is 1. The lowest BCUT2D eigenvalue weighted by atomic mass is 10.3. The molecule has 4 nitrogen and oxygen atoms in total. The zero-order chi connectivity index (χ0) is 12.0. The molecule has 0 aromatic carbocycles. The minimum Gasteiger partial charge on any atom is -0.397 e. The van der Waals surface area contributed by atoms with Crippen molar-refractivity contribution in [2.75, 3.05) is 24.3 Å². The average Bonchev–Trinajstić information content (AvgIpc) is 2.65. The average molecular weight is 241 g/mol. The highest BCUT2D eigenvalue weighted by Gasteiger charge is 2.10. The van der Waals surface area contributed by atoms with Gasteiger partial charge in [-0.05, 0) is 31.4 Å². The first-order chi connectivity index (χ1) is 7.69. The number of hydrogen-bond acceptors (Lipinski definition) is 3. The molecular weight excluding hydrogens is 222 g/mol. The van der Waals surface area contributed by atoms with Gasteiger partial charge in [-0.25, -0.2) is 0 Å². The second-order valence-corrected chi connectivity index (χ2v) is 4.53. The topological polar surface area (TPSA) is 60.0 Å². The second-order valence-electron chi connectivity index (χ2n) is 3.55. The van der Waals surface area contributed by atoms with E-state index < -0.39 is 0 Å². The molecule has 0 saturated carbocycles. The molecule has 1 amide bonds. The van der Waals surface area contributed by atoms with E-state index in [1.54, 1.807) is 24.0 Å². The molecule has 0 radical (unpaired) electrons. The fraction of sp³-hybridized carbons (Fsp3) is 0.545. The van der Waals surface area contributed by atoms with E-state index >= 15 is 0 Å². The number of carbonyl (C=O) groups is 1. The van der Waals surface area contributed by atoms with Crippen LogP contribution in [0.1, 0.15) is 23.8 Å². The van der Waals surface area contributed by atoms with E-state index in [4.69, 9.17) is 5.73 Å². The number of hydrogen-bond donors (Lipinski definition) is 2. The molecule has 0 aliphatic heterocycles. The van der Waals surface area contributed by atoms with Gasteiger partial charge >= 0.3 is 0 Å². The van der Waals surface area contributed by atoms with Crippen LogP contribution in [0.3, 0.4) is 0 Å². The molecule has 0 bridgehead atoms. The summed E-state index contributed by atoms with van der Waals surface area (Å²) in [5, 5.41) is 2.89. The van der Waals surface area contributed by atoms with Crippen LogP contribution in [0.25, 0.3) is 0 Å². The summed E-state index contributed by atoms with van der Waals surface area (Å²) in [5.41, 5.74) is 6.94. The Morgan fingerprint density at radius 3 is 3.00 bits per heavy atom. The number of amides is 1. The van der Waals surface area contributed by atoms with E-state index in [1.165, 1.54) is 0 Å². The summed E-state index contributed by atoms with van der Waals surface area (Å²) >= 11 is 1.78. The zero-order valence-electron chi connectivity index (χ0n) is 9.82. The summed E-state index contributed by atoms with van der Waals surface area (Å²) in [4.78, 5) is 11.8. The van der Waals surface area contributed by atoms with Crippen molar-refractivity contribution in [2.45, 2.75) is 19.9 Å². The van der Waals surface area contributed by atoms with Gasteiger partial charge in [0, 0.05) is 19.3 Å². The van der Waals surface area contributed by atoms with Crippen LogP contribution in [0, 0.1) is 0 Å². The van der Waals surface area contributed by atoms with Crippen molar-refractivity contribution >= 4 is 23.4 Å². The molecule has 0 aliphatic carbocycles. The van der Waals surface area contributed by atoms with Crippen molar-refractivity contribution in [3.63, 3.8) is 0 Å². The van der Waals surface area contributed by atoms with Crippen LogP contribution in [-0.4, -0.2) is 29.0 Å². The van der Waals surface area contributed by atoms with Crippen molar-refractivity contribution in [3.8, 4) is 0 Å². The number of aromatic nitrogens is 1. The highest BCUT2D eigenvalue weighted by Crippen LogP contribution is 2.10. The maximum absolute atomic E-state index is 11.8. The molecule has 1 aromatic heterocycles. The third-order valence-electron chi connectivity index (χ3n) is 2.30. The van der Waals surface area contributed by atoms with E-state index in [0.29, 0.717) is 17.9 Å². The molecule has 1 rings (SSSR count). The van der Waals surface area contributed by atoms with Crippen molar-refractivity contribution in [1.29, 1.82) is 0 Å². The normalized spacial score (nSPS) is 10.4. The first-order valence-electron chi connectivity index (χ1n) is 5.41. The standard InChI is InChI=1S/C11H19N3OS/c1-3-14-8-9(12)7-10(14)11(15)13-5-4-6-16-2/h7-8H,3-6,12H2,1-2H3,(H,13,15). The van der Waals surface area contributed by atoms with Crippen LogP contribution in [0.15, 0.2) is 12.3 Å². The summed E-state index contributed by atoms with van der Waals surface area (Å²) in [5.74, 6) is 1.02. The molecule has 0 unspecified atom stereocenters. The molecule has 1 aromatic rings. The Morgan fingerprint density at radius 1 is 1.62 bits per heavy atom. The Morgan fingerprint density at radius 2 is 2.38 bits per heavy atom. The van der Waals surface area contributed by atoms with Crippen molar-refractivity contribution in [1.82, 2.24) is 9.88 Å². The molecule has 3 N–H and O–H groups in total. The molecule has 0 spiro atoms. The number of carbonyl (C=O) groups excluding carboxylic acids is 1. The van der Waals surface area contributed by atoms with Crippen molar-refractivity contribution < 1.29 is 4.79 Å². The van der Waals surface area contributed by atoms with Crippen LogP contribution >= 0.6 is 11.8 Å². The van der Waals surface area contributed by atoms with Crippen LogP contribution in [0.4, 0.5) is 5.69 Å². The van der Waals surface area contributed by atoms with Gasteiger partial charge in [-0.3, -0.25) is 4.79 Å². The largest absolute Gasteiger partial charge is 0.397 e. The number of nitrogens with two attached hydrogens (primary N) is 1. The van der Waals surface area contributed by atoms with E-state index in [-0.39, 0.29) is 5.91 Å². The van der Waals surface area contributed by atoms with Gasteiger partial charge in [0.05, 0.1) is 5.69 Å². The SMILES string of the molecule is CCn1cc(N)cc1C(=O)NCCCSC. The Bertz CT molecular complexity index is 349. The Labute approximate surface area is 101 Å². The van der Waals surface area contributed by atoms with Gasteiger partial charge in [0.25, 0.3) is 5.91 Å². The lowest BCUT2D eigenvalue weighted by Crippen LogP contribution is -2.26. The highest BCUT2D eigenvalue weighted by atomic mass is 32.2. The number of nitrogens with zero attached hydrogens (tertiary/aromatic N) is 1. The minimum atomic E-state index is -0.0420. The number of thioether (sulfide) groups is 1. The Balaban J connectivity index is 2.51. The summed E-state index contributed by atoms with van der Waals surface area (Å²) in [6, 6.07) is 1.72. The fourth-order valence-electron chi connectivity index (χ4n) is 1.49. The van der Waals surface area contributed by atoms with Gasteiger partial charge in [-0.1, -0.05) is 0 Å². The van der Waals surface area contributed by atoms with Gasteiger partial charge in [-0.2, -0.15) is 11.8 Å². The van der Waals surface area contributed by atoms with Crippen molar-refractivity contribution in [2.24, 2.45) is 0 Å². The Hall–Kier alpha value is -1.10. The summed E-state index contributed by atoms with van der Waals surface area (Å²) in [7, 11) is 0. The summed E-state index contributed by atoms with van der Waals surface area (Å²) in [6.45, 7) is 3.46. The molecule has 5 heteroatoms. The maximum Gasteiger partial charge on any atom is 0.267 e. The first-order valence-corrected chi connectivity index (χ1v) is 6.81. The predicted molar refractivity (Wildman–Crippen MR) is 69.9 cm³/mol. The molecular formula is C11H19N3OS. The molecule has 1 heterocycles. The smallest absolute Gasteiger partial charge is 0.267 e. The van der Waals surface area contributed by atoms with Gasteiger partial charge in [-0.15, -0.1) is 0 Å². The third kappa shape index (κ3) is 3.48. The van der Waals surface area contributed by atoms with E-state index in [0.717, 1.165) is 18.7 Å². The molecule has 0 saturated heterocycles. The van der Waals surface area contributed by atoms with Crippen LogP contribution in [0.2, 0.25) is 0 Å². The number of anilines is 1. The summed E-state index contributed by atoms with van der Waals surface area (Å²) < 4.78 is 1.86. The van der Waals surface area contributed by atoms with Gasteiger partial charge in [0.15, 0.2) is 0 Å².